The van der Waals surface area contributed by atoms with Gasteiger partial charge in [0.05, 0.1) is 0 Å². The Morgan fingerprint density at radius 3 is 2.38 bits per heavy atom. The van der Waals surface area contributed by atoms with Crippen LogP contribution in [0.3, 0.4) is 0 Å². The van der Waals surface area contributed by atoms with Gasteiger partial charge in [-0.3, -0.25) is 0 Å². The molecule has 1 aromatic rings. The van der Waals surface area contributed by atoms with Crippen molar-refractivity contribution < 1.29 is 18.6 Å². The summed E-state index contributed by atoms with van der Waals surface area (Å²) in [6.45, 7) is 0.561. The van der Waals surface area contributed by atoms with Crippen LogP contribution in [0, 0.1) is 13.8 Å². The Balaban J connectivity index is 2.99. The quantitative estimate of drug-likeness (QED) is 0.772. The molecule has 0 bridgehead atoms. The SMILES string of the molecule is Cc1cc(OC(F)F)cc(O)c1C. The maximum Gasteiger partial charge on any atom is 0.387 e. The molecular formula is C9H10F2O2. The average molecular weight is 188 g/mol. The number of ether oxygens (including phenoxy) is 1. The average Bonchev–Trinajstić information content (AvgIpc) is 1.98. The fraction of sp³-hybridized carbons (Fsp3) is 0.333. The Kier molecular flexibility index (Phi) is 2.70. The molecular weight excluding hydrogens is 178 g/mol. The highest BCUT2D eigenvalue weighted by Crippen LogP contribution is 2.27. The first-order chi connectivity index (χ1) is 6.00. The smallest absolute Gasteiger partial charge is 0.387 e. The van der Waals surface area contributed by atoms with Crippen LogP contribution >= 0.6 is 0 Å². The molecule has 0 saturated carbocycles. The summed E-state index contributed by atoms with van der Waals surface area (Å²) in [5.41, 5.74) is 1.39. The molecule has 4 heteroatoms. The van der Waals surface area contributed by atoms with E-state index >= 15 is 0 Å². The number of aromatic hydroxyl groups is 1. The Hall–Kier alpha value is -1.32. The minimum Gasteiger partial charge on any atom is -0.508 e. The molecule has 0 atom stereocenters. The molecule has 0 aromatic heterocycles. The first-order valence-electron chi connectivity index (χ1n) is 3.75. The van der Waals surface area contributed by atoms with Gasteiger partial charge in [-0.15, -0.1) is 0 Å². The highest BCUT2D eigenvalue weighted by molar-refractivity contribution is 5.44. The van der Waals surface area contributed by atoms with E-state index in [1.54, 1.807) is 13.8 Å². The Morgan fingerprint density at radius 1 is 1.31 bits per heavy atom. The zero-order chi connectivity index (χ0) is 10.0. The summed E-state index contributed by atoms with van der Waals surface area (Å²) in [6.07, 6.45) is 0. The molecule has 1 rings (SSSR count). The first kappa shape index (κ1) is 9.77. The van der Waals surface area contributed by atoms with E-state index < -0.39 is 6.61 Å². The highest BCUT2D eigenvalue weighted by atomic mass is 19.3. The second-order valence-corrected chi connectivity index (χ2v) is 2.76. The van der Waals surface area contributed by atoms with Crippen molar-refractivity contribution in [2.24, 2.45) is 0 Å². The number of alkyl halides is 2. The van der Waals surface area contributed by atoms with Gasteiger partial charge in [-0.1, -0.05) is 0 Å². The van der Waals surface area contributed by atoms with Crippen LogP contribution in [0.1, 0.15) is 11.1 Å². The van der Waals surface area contributed by atoms with Gasteiger partial charge in [0.1, 0.15) is 11.5 Å². The normalized spacial score (nSPS) is 10.5. The lowest BCUT2D eigenvalue weighted by atomic mass is 10.1. The van der Waals surface area contributed by atoms with Crippen molar-refractivity contribution in [3.05, 3.63) is 23.3 Å². The number of rotatable bonds is 2. The van der Waals surface area contributed by atoms with Gasteiger partial charge in [-0.25, -0.2) is 0 Å². The molecule has 0 saturated heterocycles. The standard InChI is InChI=1S/C9H10F2O2/c1-5-3-7(13-9(10)11)4-8(12)6(5)2/h3-4,9,12H,1-2H3. The van der Waals surface area contributed by atoms with Gasteiger partial charge in [-0.05, 0) is 31.0 Å². The van der Waals surface area contributed by atoms with Gasteiger partial charge in [0.2, 0.25) is 0 Å². The predicted molar refractivity (Wildman–Crippen MR) is 44.2 cm³/mol. The lowest BCUT2D eigenvalue weighted by Gasteiger charge is -2.08. The Labute approximate surface area is 74.8 Å². The van der Waals surface area contributed by atoms with Crippen molar-refractivity contribution in [3.8, 4) is 11.5 Å². The van der Waals surface area contributed by atoms with Crippen molar-refractivity contribution in [3.63, 3.8) is 0 Å². The molecule has 0 heterocycles. The summed E-state index contributed by atoms with van der Waals surface area (Å²) in [7, 11) is 0. The first-order valence-corrected chi connectivity index (χ1v) is 3.75. The largest absolute Gasteiger partial charge is 0.508 e. The van der Waals surface area contributed by atoms with Crippen LogP contribution in [0.4, 0.5) is 8.78 Å². The molecule has 0 amide bonds. The molecule has 0 aliphatic heterocycles. The van der Waals surface area contributed by atoms with Crippen molar-refractivity contribution in [2.75, 3.05) is 0 Å². The maximum atomic E-state index is 11.8. The van der Waals surface area contributed by atoms with E-state index in [1.165, 1.54) is 12.1 Å². The summed E-state index contributed by atoms with van der Waals surface area (Å²) in [5.74, 6) is -0.0498. The third-order valence-corrected chi connectivity index (χ3v) is 1.84. The van der Waals surface area contributed by atoms with E-state index in [1.807, 2.05) is 0 Å². The van der Waals surface area contributed by atoms with Crippen LogP contribution in [0.15, 0.2) is 12.1 Å². The van der Waals surface area contributed by atoms with Crippen LogP contribution in [0.2, 0.25) is 0 Å². The van der Waals surface area contributed by atoms with Crippen LogP contribution in [-0.2, 0) is 0 Å². The van der Waals surface area contributed by atoms with Gasteiger partial charge in [-0.2, -0.15) is 8.78 Å². The Bertz CT molecular complexity index is 287. The lowest BCUT2D eigenvalue weighted by molar-refractivity contribution is -0.0499. The molecule has 0 radical (unpaired) electrons. The number of hydrogen-bond donors (Lipinski definition) is 1. The lowest BCUT2D eigenvalue weighted by Crippen LogP contribution is -2.02. The van der Waals surface area contributed by atoms with E-state index in [-0.39, 0.29) is 11.5 Å². The van der Waals surface area contributed by atoms with Crippen LogP contribution in [0.25, 0.3) is 0 Å². The monoisotopic (exact) mass is 188 g/mol. The summed E-state index contributed by atoms with van der Waals surface area (Å²) in [5, 5.41) is 9.27. The van der Waals surface area contributed by atoms with Crippen LogP contribution in [0.5, 0.6) is 11.5 Å². The molecule has 13 heavy (non-hydrogen) atoms. The van der Waals surface area contributed by atoms with E-state index in [2.05, 4.69) is 4.74 Å². The van der Waals surface area contributed by atoms with Gasteiger partial charge >= 0.3 is 6.61 Å². The minimum atomic E-state index is -2.86. The molecule has 0 fully saturated rings. The van der Waals surface area contributed by atoms with Gasteiger partial charge in [0, 0.05) is 6.07 Å². The minimum absolute atomic E-state index is 0.0180. The molecule has 0 aliphatic carbocycles. The number of phenolic OH excluding ortho intramolecular Hbond substituents is 1. The number of phenols is 1. The van der Waals surface area contributed by atoms with Gasteiger partial charge in [0.15, 0.2) is 0 Å². The van der Waals surface area contributed by atoms with Gasteiger partial charge in [0.25, 0.3) is 0 Å². The second kappa shape index (κ2) is 3.60. The molecule has 0 spiro atoms. The fourth-order valence-electron chi connectivity index (χ4n) is 0.979. The van der Waals surface area contributed by atoms with Crippen molar-refractivity contribution >= 4 is 0 Å². The molecule has 1 aromatic carbocycles. The van der Waals surface area contributed by atoms with E-state index in [4.69, 9.17) is 0 Å². The number of benzene rings is 1. The number of hydrogen-bond acceptors (Lipinski definition) is 2. The third kappa shape index (κ3) is 2.31. The molecule has 0 unspecified atom stereocenters. The molecule has 2 nitrogen and oxygen atoms in total. The fourth-order valence-corrected chi connectivity index (χ4v) is 0.979. The summed E-state index contributed by atoms with van der Waals surface area (Å²) >= 11 is 0. The summed E-state index contributed by atoms with van der Waals surface area (Å²) in [6, 6.07) is 2.63. The van der Waals surface area contributed by atoms with Gasteiger partial charge < -0.3 is 9.84 Å². The zero-order valence-corrected chi connectivity index (χ0v) is 7.34. The Morgan fingerprint density at radius 2 is 1.92 bits per heavy atom. The third-order valence-electron chi connectivity index (χ3n) is 1.84. The zero-order valence-electron chi connectivity index (χ0n) is 7.34. The predicted octanol–water partition coefficient (Wildman–Crippen LogP) is 2.61. The topological polar surface area (TPSA) is 29.5 Å². The maximum absolute atomic E-state index is 11.8. The second-order valence-electron chi connectivity index (χ2n) is 2.76. The van der Waals surface area contributed by atoms with E-state index in [0.717, 1.165) is 5.56 Å². The highest BCUT2D eigenvalue weighted by Gasteiger charge is 2.08. The molecule has 72 valence electrons. The van der Waals surface area contributed by atoms with E-state index in [9.17, 15) is 13.9 Å². The number of aryl methyl sites for hydroxylation is 1. The van der Waals surface area contributed by atoms with Crippen molar-refractivity contribution in [1.29, 1.82) is 0 Å². The summed E-state index contributed by atoms with van der Waals surface area (Å²) in [4.78, 5) is 0. The number of halogens is 2. The van der Waals surface area contributed by atoms with Crippen LogP contribution < -0.4 is 4.74 Å². The summed E-state index contributed by atoms with van der Waals surface area (Å²) < 4.78 is 27.7. The van der Waals surface area contributed by atoms with Crippen LogP contribution in [-0.4, -0.2) is 11.7 Å². The molecule has 0 aliphatic rings. The van der Waals surface area contributed by atoms with Crippen molar-refractivity contribution in [1.82, 2.24) is 0 Å². The molecule has 1 N–H and O–H groups in total. The van der Waals surface area contributed by atoms with E-state index in [0.29, 0.717) is 5.56 Å². The van der Waals surface area contributed by atoms with Crippen molar-refractivity contribution in [2.45, 2.75) is 20.5 Å².